The maximum atomic E-state index is 9.97. The van der Waals surface area contributed by atoms with Crippen LogP contribution in [-0.4, -0.2) is 5.11 Å². The molecule has 0 saturated heterocycles. The van der Waals surface area contributed by atoms with E-state index in [1.54, 1.807) is 6.07 Å². The Hall–Kier alpha value is -1.96. The standard InChI is InChI=1S/C19H25NO/c1-13(2)15-5-8-18(9-6-15)20-12-17-11-16(14(3)4)7-10-19(17)21/h5-11,13-14,20-21H,12H2,1-4H3. The minimum Gasteiger partial charge on any atom is -0.508 e. The van der Waals surface area contributed by atoms with Gasteiger partial charge < -0.3 is 10.4 Å². The lowest BCUT2D eigenvalue weighted by Gasteiger charge is -2.13. The average molecular weight is 283 g/mol. The Kier molecular flexibility index (Phi) is 4.89. The van der Waals surface area contributed by atoms with Crippen molar-refractivity contribution in [3.8, 4) is 5.75 Å². The van der Waals surface area contributed by atoms with Crippen LogP contribution in [0.3, 0.4) is 0 Å². The van der Waals surface area contributed by atoms with Gasteiger partial charge in [-0.25, -0.2) is 0 Å². The van der Waals surface area contributed by atoms with Crippen molar-refractivity contribution in [1.82, 2.24) is 0 Å². The van der Waals surface area contributed by atoms with Crippen LogP contribution in [0, 0.1) is 0 Å². The molecular formula is C19H25NO. The van der Waals surface area contributed by atoms with Gasteiger partial charge in [0.2, 0.25) is 0 Å². The first-order chi connectivity index (χ1) is 9.97. The zero-order valence-corrected chi connectivity index (χ0v) is 13.4. The van der Waals surface area contributed by atoms with Crippen molar-refractivity contribution in [3.05, 3.63) is 59.2 Å². The van der Waals surface area contributed by atoms with Gasteiger partial charge in [0.05, 0.1) is 0 Å². The van der Waals surface area contributed by atoms with Crippen LogP contribution in [0.25, 0.3) is 0 Å². The molecule has 2 nitrogen and oxygen atoms in total. The molecule has 0 aliphatic carbocycles. The molecule has 0 aliphatic rings. The number of benzene rings is 2. The van der Waals surface area contributed by atoms with E-state index in [2.05, 4.69) is 63.3 Å². The number of phenols is 1. The lowest BCUT2D eigenvalue weighted by Crippen LogP contribution is -2.01. The van der Waals surface area contributed by atoms with E-state index in [4.69, 9.17) is 0 Å². The Balaban J connectivity index is 2.07. The van der Waals surface area contributed by atoms with Gasteiger partial charge >= 0.3 is 0 Å². The quantitative estimate of drug-likeness (QED) is 0.785. The topological polar surface area (TPSA) is 32.3 Å². The van der Waals surface area contributed by atoms with E-state index in [9.17, 15) is 5.11 Å². The number of hydrogen-bond acceptors (Lipinski definition) is 2. The summed E-state index contributed by atoms with van der Waals surface area (Å²) in [6, 6.07) is 14.3. The Morgan fingerprint density at radius 3 is 2.00 bits per heavy atom. The highest BCUT2D eigenvalue weighted by atomic mass is 16.3. The number of aromatic hydroxyl groups is 1. The molecule has 21 heavy (non-hydrogen) atoms. The van der Waals surface area contributed by atoms with Crippen molar-refractivity contribution >= 4 is 5.69 Å². The number of phenolic OH excluding ortho intramolecular Hbond substituents is 1. The van der Waals surface area contributed by atoms with Crippen LogP contribution in [0.4, 0.5) is 5.69 Å². The highest BCUT2D eigenvalue weighted by Gasteiger charge is 2.06. The van der Waals surface area contributed by atoms with Crippen molar-refractivity contribution in [2.45, 2.75) is 46.1 Å². The van der Waals surface area contributed by atoms with Crippen LogP contribution >= 0.6 is 0 Å². The molecule has 2 rings (SSSR count). The fraction of sp³-hybridized carbons (Fsp3) is 0.368. The Morgan fingerprint density at radius 1 is 0.857 bits per heavy atom. The third-order valence-electron chi connectivity index (χ3n) is 3.83. The molecule has 0 spiro atoms. The van der Waals surface area contributed by atoms with Gasteiger partial charge in [-0.15, -0.1) is 0 Å². The maximum absolute atomic E-state index is 9.97. The second-order valence-electron chi connectivity index (χ2n) is 6.17. The molecule has 0 fully saturated rings. The first-order valence-corrected chi connectivity index (χ1v) is 7.63. The summed E-state index contributed by atoms with van der Waals surface area (Å²) in [7, 11) is 0. The van der Waals surface area contributed by atoms with E-state index in [-0.39, 0.29) is 0 Å². The zero-order valence-electron chi connectivity index (χ0n) is 13.4. The molecule has 0 bridgehead atoms. The van der Waals surface area contributed by atoms with Gasteiger partial charge in [0.15, 0.2) is 0 Å². The average Bonchev–Trinajstić information content (AvgIpc) is 2.46. The van der Waals surface area contributed by atoms with Gasteiger partial charge in [0, 0.05) is 17.8 Å². The lowest BCUT2D eigenvalue weighted by molar-refractivity contribution is 0.468. The van der Waals surface area contributed by atoms with Crippen LogP contribution in [0.15, 0.2) is 42.5 Å². The molecule has 2 N–H and O–H groups in total. The number of rotatable bonds is 5. The molecule has 0 unspecified atom stereocenters. The van der Waals surface area contributed by atoms with E-state index in [1.165, 1.54) is 11.1 Å². The minimum absolute atomic E-state index is 0.353. The van der Waals surface area contributed by atoms with Crippen LogP contribution < -0.4 is 5.32 Å². The van der Waals surface area contributed by atoms with Gasteiger partial charge in [-0.2, -0.15) is 0 Å². The van der Waals surface area contributed by atoms with E-state index in [0.717, 1.165) is 11.3 Å². The van der Waals surface area contributed by atoms with Crippen molar-refractivity contribution in [1.29, 1.82) is 0 Å². The largest absolute Gasteiger partial charge is 0.508 e. The molecule has 2 aromatic rings. The second-order valence-corrected chi connectivity index (χ2v) is 6.17. The van der Waals surface area contributed by atoms with E-state index >= 15 is 0 Å². The summed E-state index contributed by atoms with van der Waals surface area (Å²) < 4.78 is 0. The fourth-order valence-electron chi connectivity index (χ4n) is 2.29. The van der Waals surface area contributed by atoms with Crippen molar-refractivity contribution in [2.75, 3.05) is 5.32 Å². The lowest BCUT2D eigenvalue weighted by atomic mass is 10.00. The molecule has 0 radical (unpaired) electrons. The highest BCUT2D eigenvalue weighted by Crippen LogP contribution is 2.24. The van der Waals surface area contributed by atoms with Crippen LogP contribution in [0.5, 0.6) is 5.75 Å². The third-order valence-corrected chi connectivity index (χ3v) is 3.83. The Morgan fingerprint density at radius 2 is 1.43 bits per heavy atom. The van der Waals surface area contributed by atoms with Crippen molar-refractivity contribution < 1.29 is 5.11 Å². The highest BCUT2D eigenvalue weighted by molar-refractivity contribution is 5.47. The molecule has 0 aliphatic heterocycles. The Bertz CT molecular complexity index is 585. The summed E-state index contributed by atoms with van der Waals surface area (Å²) in [6.07, 6.45) is 0. The van der Waals surface area contributed by atoms with Crippen molar-refractivity contribution in [3.63, 3.8) is 0 Å². The first kappa shape index (κ1) is 15.4. The second kappa shape index (κ2) is 6.66. The predicted octanol–water partition coefficient (Wildman–Crippen LogP) is 5.25. The summed E-state index contributed by atoms with van der Waals surface area (Å²) in [5.74, 6) is 1.37. The summed E-state index contributed by atoms with van der Waals surface area (Å²) in [5, 5.41) is 13.3. The molecular weight excluding hydrogens is 258 g/mol. The van der Waals surface area contributed by atoms with E-state index < -0.39 is 0 Å². The van der Waals surface area contributed by atoms with Crippen molar-refractivity contribution in [2.24, 2.45) is 0 Å². The number of anilines is 1. The molecule has 0 aromatic heterocycles. The predicted molar refractivity (Wildman–Crippen MR) is 90.1 cm³/mol. The molecule has 0 heterocycles. The van der Waals surface area contributed by atoms with Gasteiger partial charge in [0.1, 0.15) is 5.75 Å². The van der Waals surface area contributed by atoms with Gasteiger partial charge in [-0.1, -0.05) is 52.0 Å². The summed E-state index contributed by atoms with van der Waals surface area (Å²) in [6.45, 7) is 9.34. The normalized spacial score (nSPS) is 11.1. The third kappa shape index (κ3) is 4.01. The smallest absolute Gasteiger partial charge is 0.120 e. The summed E-state index contributed by atoms with van der Waals surface area (Å²) >= 11 is 0. The Labute approximate surface area is 127 Å². The zero-order chi connectivity index (χ0) is 15.4. The molecule has 112 valence electrons. The van der Waals surface area contributed by atoms with Crippen LogP contribution in [-0.2, 0) is 6.54 Å². The number of nitrogens with one attached hydrogen (secondary N) is 1. The molecule has 2 aromatic carbocycles. The first-order valence-electron chi connectivity index (χ1n) is 7.63. The van der Waals surface area contributed by atoms with Gasteiger partial charge in [-0.05, 0) is 41.2 Å². The summed E-state index contributed by atoms with van der Waals surface area (Å²) in [5.41, 5.74) is 4.60. The van der Waals surface area contributed by atoms with E-state index in [1.807, 2.05) is 6.07 Å². The van der Waals surface area contributed by atoms with Gasteiger partial charge in [-0.3, -0.25) is 0 Å². The van der Waals surface area contributed by atoms with Crippen LogP contribution in [0.2, 0.25) is 0 Å². The monoisotopic (exact) mass is 283 g/mol. The summed E-state index contributed by atoms with van der Waals surface area (Å²) in [4.78, 5) is 0. The molecule has 0 atom stereocenters. The molecule has 0 saturated carbocycles. The van der Waals surface area contributed by atoms with E-state index in [0.29, 0.717) is 24.1 Å². The number of hydrogen-bond donors (Lipinski definition) is 2. The molecule has 2 heteroatoms. The SMILES string of the molecule is CC(C)c1ccc(NCc2cc(C(C)C)ccc2O)cc1. The minimum atomic E-state index is 0.353. The maximum Gasteiger partial charge on any atom is 0.120 e. The van der Waals surface area contributed by atoms with Gasteiger partial charge in [0.25, 0.3) is 0 Å². The fourth-order valence-corrected chi connectivity index (χ4v) is 2.29. The molecule has 0 amide bonds. The van der Waals surface area contributed by atoms with Crippen LogP contribution in [0.1, 0.15) is 56.2 Å².